The van der Waals surface area contributed by atoms with Gasteiger partial charge in [-0.15, -0.1) is 0 Å². The summed E-state index contributed by atoms with van der Waals surface area (Å²) in [5.41, 5.74) is 13.2. The Balaban J connectivity index is 1.83. The molecule has 0 unspecified atom stereocenters. The van der Waals surface area contributed by atoms with Crippen molar-refractivity contribution in [3.05, 3.63) is 68.8 Å². The van der Waals surface area contributed by atoms with Gasteiger partial charge in [0.25, 0.3) is 0 Å². The Morgan fingerprint density at radius 3 is 1.33 bits per heavy atom. The smallest absolute Gasteiger partial charge is 0.0187 e. The van der Waals surface area contributed by atoms with Crippen LogP contribution in [0.2, 0.25) is 0 Å². The summed E-state index contributed by atoms with van der Waals surface area (Å²) in [7, 11) is 0. The van der Waals surface area contributed by atoms with E-state index in [1.54, 1.807) is 33.4 Å². The minimum atomic E-state index is 0.192. The zero-order valence-corrected chi connectivity index (χ0v) is 23.5. The van der Waals surface area contributed by atoms with Gasteiger partial charge in [0, 0.05) is 11.5 Å². The maximum absolute atomic E-state index is 2.56. The van der Waals surface area contributed by atoms with Crippen molar-refractivity contribution < 1.29 is 0 Å². The molecule has 33 heavy (non-hydrogen) atoms. The quantitative estimate of drug-likeness (QED) is 0.369. The lowest BCUT2D eigenvalue weighted by Crippen LogP contribution is -2.14. The largest absolute Gasteiger partial charge is 0.157 e. The highest BCUT2D eigenvalue weighted by molar-refractivity contribution is 7.98. The van der Waals surface area contributed by atoms with Crippen molar-refractivity contribution in [1.82, 2.24) is 0 Å². The fourth-order valence-corrected chi connectivity index (χ4v) is 7.32. The molecule has 1 heterocycles. The van der Waals surface area contributed by atoms with Crippen LogP contribution in [0.3, 0.4) is 0 Å². The molecule has 0 N–H and O–H groups in total. The first-order valence-corrected chi connectivity index (χ1v) is 15.4. The average Bonchev–Trinajstić information content (AvgIpc) is 2.92. The van der Waals surface area contributed by atoms with E-state index in [-0.39, 0.29) is 10.8 Å². The fourth-order valence-electron chi connectivity index (χ4n) is 5.26. The Bertz CT molecular complexity index is 892. The van der Waals surface area contributed by atoms with Crippen LogP contribution in [0.1, 0.15) is 112 Å². The van der Waals surface area contributed by atoms with Gasteiger partial charge in [0.2, 0.25) is 0 Å². The van der Waals surface area contributed by atoms with E-state index in [1.807, 2.05) is 0 Å². The van der Waals surface area contributed by atoms with Crippen LogP contribution >= 0.6 is 23.5 Å². The van der Waals surface area contributed by atoms with Crippen molar-refractivity contribution >= 4 is 23.5 Å². The lowest BCUT2D eigenvalue weighted by Gasteiger charge is -2.24. The summed E-state index contributed by atoms with van der Waals surface area (Å²) in [5, 5.41) is 0. The Labute approximate surface area is 212 Å². The van der Waals surface area contributed by atoms with E-state index >= 15 is 0 Å². The second kappa shape index (κ2) is 10.4. The lowest BCUT2D eigenvalue weighted by atomic mass is 9.81. The molecule has 0 amide bonds. The molecule has 0 saturated heterocycles. The summed E-state index contributed by atoms with van der Waals surface area (Å²) in [6, 6.07) is 10.2. The molecule has 0 nitrogen and oxygen atoms in total. The zero-order valence-electron chi connectivity index (χ0n) is 21.9. The maximum atomic E-state index is 2.56. The molecule has 0 atom stereocenters. The minimum absolute atomic E-state index is 0.192. The number of hydrogen-bond acceptors (Lipinski definition) is 2. The van der Waals surface area contributed by atoms with Gasteiger partial charge in [0.05, 0.1) is 0 Å². The van der Waals surface area contributed by atoms with E-state index in [9.17, 15) is 0 Å². The molecule has 1 aliphatic carbocycles. The maximum Gasteiger partial charge on any atom is 0.0187 e. The van der Waals surface area contributed by atoms with Gasteiger partial charge in [0.15, 0.2) is 0 Å². The van der Waals surface area contributed by atoms with E-state index < -0.39 is 0 Å². The minimum Gasteiger partial charge on any atom is -0.157 e. The molecule has 2 aromatic carbocycles. The van der Waals surface area contributed by atoms with Gasteiger partial charge in [-0.2, -0.15) is 23.5 Å². The number of thioether (sulfide) groups is 2. The lowest BCUT2D eigenvalue weighted by molar-refractivity contribution is 0.588. The van der Waals surface area contributed by atoms with Crippen molar-refractivity contribution in [1.29, 1.82) is 0 Å². The van der Waals surface area contributed by atoms with E-state index in [1.165, 1.54) is 72.7 Å². The van der Waals surface area contributed by atoms with Crippen molar-refractivity contribution in [3.8, 4) is 0 Å². The molecule has 0 radical (unpaired) electrons. The van der Waals surface area contributed by atoms with E-state index in [0.29, 0.717) is 0 Å². The summed E-state index contributed by atoms with van der Waals surface area (Å²) in [4.78, 5) is 0. The molecule has 2 bridgehead atoms. The first-order valence-electron chi connectivity index (χ1n) is 13.1. The van der Waals surface area contributed by atoms with Gasteiger partial charge in [0.1, 0.15) is 0 Å². The summed E-state index contributed by atoms with van der Waals surface area (Å²) >= 11 is 4.33. The summed E-state index contributed by atoms with van der Waals surface area (Å²) in [6.07, 6.45) is 9.04. The van der Waals surface area contributed by atoms with Gasteiger partial charge in [-0.05, 0) is 98.9 Å². The second-order valence-electron chi connectivity index (χ2n) is 12.2. The van der Waals surface area contributed by atoms with Gasteiger partial charge < -0.3 is 0 Å². The van der Waals surface area contributed by atoms with Crippen LogP contribution in [0.5, 0.6) is 0 Å². The number of rotatable bonds is 0. The van der Waals surface area contributed by atoms with Crippen LogP contribution in [0, 0.1) is 0 Å². The normalized spacial score (nSPS) is 18.2. The molecular weight excluding hydrogens is 436 g/mol. The monoisotopic (exact) mass is 480 g/mol. The van der Waals surface area contributed by atoms with E-state index in [2.05, 4.69) is 89.3 Å². The molecule has 2 aromatic rings. The third-order valence-electron chi connectivity index (χ3n) is 7.45. The van der Waals surface area contributed by atoms with Crippen LogP contribution < -0.4 is 0 Å². The molecule has 1 aliphatic heterocycles. The third-order valence-corrected chi connectivity index (χ3v) is 9.63. The van der Waals surface area contributed by atoms with Crippen LogP contribution in [-0.2, 0) is 41.6 Å². The van der Waals surface area contributed by atoms with Gasteiger partial charge in [-0.3, -0.25) is 0 Å². The Kier molecular flexibility index (Phi) is 7.96. The third kappa shape index (κ3) is 6.23. The Morgan fingerprint density at radius 2 is 0.939 bits per heavy atom. The molecule has 0 aromatic heterocycles. The fraction of sp³-hybridized carbons (Fsp3) is 0.613. The second-order valence-corrected chi connectivity index (χ2v) is 14.5. The van der Waals surface area contributed by atoms with E-state index in [4.69, 9.17) is 0 Å². The SMILES string of the molecule is CC(C)(C)c1cc2c3c(c1)Cc1cc(C(C)(C)C)cc(c1CC3)CSCCCCCCSC2. The first-order chi connectivity index (χ1) is 15.6. The molecule has 0 saturated carbocycles. The Morgan fingerprint density at radius 1 is 0.545 bits per heavy atom. The molecule has 2 aliphatic rings. The number of hydrogen-bond donors (Lipinski definition) is 0. The van der Waals surface area contributed by atoms with Gasteiger partial charge >= 0.3 is 0 Å². The van der Waals surface area contributed by atoms with Crippen LogP contribution in [-0.4, -0.2) is 11.5 Å². The van der Waals surface area contributed by atoms with Gasteiger partial charge in [-0.1, -0.05) is 78.6 Å². The molecule has 2 heteroatoms. The summed E-state index contributed by atoms with van der Waals surface area (Å²) < 4.78 is 0. The van der Waals surface area contributed by atoms with Crippen LogP contribution in [0.15, 0.2) is 24.3 Å². The standard InChI is InChI=1S/C31H44S2/c1-30(2,3)26-16-22-15-23-17-27(31(4,5)6)19-25-21-33-14-10-8-7-9-13-32-20-24(18-26)28(22)11-12-29(23)25/h16-19H,7-15,20-21H2,1-6H3. The van der Waals surface area contributed by atoms with E-state index in [0.717, 1.165) is 6.42 Å². The molecule has 0 spiro atoms. The van der Waals surface area contributed by atoms with Crippen molar-refractivity contribution in [2.24, 2.45) is 0 Å². The predicted octanol–water partition coefficient (Wildman–Crippen LogP) is 9.01. The first kappa shape index (κ1) is 25.2. The molecular formula is C31H44S2. The molecule has 4 rings (SSSR count). The highest BCUT2D eigenvalue weighted by atomic mass is 32.2. The zero-order chi connectivity index (χ0) is 23.6. The predicted molar refractivity (Wildman–Crippen MR) is 151 cm³/mol. The van der Waals surface area contributed by atoms with Crippen LogP contribution in [0.4, 0.5) is 0 Å². The Hall–Kier alpha value is -0.860. The van der Waals surface area contributed by atoms with Crippen molar-refractivity contribution in [2.75, 3.05) is 11.5 Å². The van der Waals surface area contributed by atoms with Gasteiger partial charge in [-0.25, -0.2) is 0 Å². The highest BCUT2D eigenvalue weighted by Crippen LogP contribution is 2.37. The average molecular weight is 481 g/mol. The number of fused-ring (bicyclic) bond motifs is 1. The summed E-state index contributed by atoms with van der Waals surface area (Å²) in [6.45, 7) is 14.2. The molecule has 0 fully saturated rings. The highest BCUT2D eigenvalue weighted by Gasteiger charge is 2.25. The molecule has 180 valence electrons. The van der Waals surface area contributed by atoms with Crippen LogP contribution in [0.25, 0.3) is 0 Å². The van der Waals surface area contributed by atoms with Crippen molar-refractivity contribution in [2.45, 2.75) is 109 Å². The summed E-state index contributed by atoms with van der Waals surface area (Å²) in [5.74, 6) is 4.97. The number of benzene rings is 2. The van der Waals surface area contributed by atoms with Crippen molar-refractivity contribution in [3.63, 3.8) is 0 Å². The topological polar surface area (TPSA) is 0 Å².